The number of para-hydroxylation sites is 1. The average molecular weight is 545 g/mol. The molecule has 3 heterocycles. The second kappa shape index (κ2) is 12.1. The van der Waals surface area contributed by atoms with E-state index in [9.17, 15) is 4.79 Å². The zero-order valence-corrected chi connectivity index (χ0v) is 22.8. The summed E-state index contributed by atoms with van der Waals surface area (Å²) in [5.41, 5.74) is 2.27. The van der Waals surface area contributed by atoms with Crippen molar-refractivity contribution in [3.63, 3.8) is 0 Å². The molecule has 0 radical (unpaired) electrons. The lowest BCUT2D eigenvalue weighted by Gasteiger charge is -2.39. The van der Waals surface area contributed by atoms with Gasteiger partial charge in [-0.1, -0.05) is 41.4 Å². The lowest BCUT2D eigenvalue weighted by Crippen LogP contribution is -2.49. The minimum Gasteiger partial charge on any atom is -0.490 e. The molecular weight excluding hydrogens is 509 g/mol. The number of benzene rings is 2. The summed E-state index contributed by atoms with van der Waals surface area (Å²) in [4.78, 5) is 21.0. The van der Waals surface area contributed by atoms with E-state index in [0.29, 0.717) is 22.4 Å². The first-order valence-electron chi connectivity index (χ1n) is 13.2. The van der Waals surface area contributed by atoms with E-state index in [1.807, 2.05) is 24.4 Å². The highest BCUT2D eigenvalue weighted by Gasteiger charge is 2.32. The van der Waals surface area contributed by atoms with Gasteiger partial charge in [0.05, 0.1) is 17.2 Å². The first-order valence-corrected chi connectivity index (χ1v) is 14.0. The number of piperidine rings is 2. The van der Waals surface area contributed by atoms with Gasteiger partial charge in [-0.3, -0.25) is 9.69 Å². The molecule has 0 aliphatic carbocycles. The van der Waals surface area contributed by atoms with E-state index >= 15 is 0 Å². The maximum atomic E-state index is 12.8. The fourth-order valence-corrected chi connectivity index (χ4v) is 6.06. The van der Waals surface area contributed by atoms with Crippen LogP contribution in [-0.2, 0) is 16.0 Å². The minimum atomic E-state index is -0.251. The number of carbonyl (C=O) groups excluding carboxylic acids is 1. The third-order valence-corrected chi connectivity index (χ3v) is 8.64. The standard InChI is InChI=1S/C29H35Cl2N3O3/c1-36-29(35)28(16-21-18-32-27-5-3-2-4-24(21)27)34-14-8-20(9-15-34)19-33-12-10-22(11-13-33)37-23-6-7-25(30)26(31)17-23/h2-7,17-18,20,22,28,32H,8-16,19H2,1H3. The van der Waals surface area contributed by atoms with Crippen LogP contribution in [0.2, 0.25) is 10.0 Å². The number of nitrogens with one attached hydrogen (secondary N) is 1. The molecule has 1 aromatic heterocycles. The highest BCUT2D eigenvalue weighted by molar-refractivity contribution is 6.42. The number of esters is 1. The Labute approximate surface area is 228 Å². The predicted molar refractivity (Wildman–Crippen MR) is 149 cm³/mol. The number of carbonyl (C=O) groups is 1. The van der Waals surface area contributed by atoms with Crippen LogP contribution in [0.4, 0.5) is 0 Å². The Balaban J connectivity index is 1.10. The molecule has 2 aromatic carbocycles. The second-order valence-electron chi connectivity index (χ2n) is 10.3. The summed E-state index contributed by atoms with van der Waals surface area (Å²) < 4.78 is 11.4. The molecule has 0 spiro atoms. The molecule has 2 fully saturated rings. The van der Waals surface area contributed by atoms with Crippen molar-refractivity contribution in [3.05, 3.63) is 64.3 Å². The van der Waals surface area contributed by atoms with Crippen LogP contribution in [0.3, 0.4) is 0 Å². The number of ether oxygens (including phenoxy) is 2. The Morgan fingerprint density at radius 1 is 1.03 bits per heavy atom. The molecule has 2 saturated heterocycles. The SMILES string of the molecule is COC(=O)C(Cc1c[nH]c2ccccc12)N1CCC(CN2CCC(Oc3ccc(Cl)c(Cl)c3)CC2)CC1. The van der Waals surface area contributed by atoms with Gasteiger partial charge in [-0.2, -0.15) is 0 Å². The summed E-state index contributed by atoms with van der Waals surface area (Å²) >= 11 is 12.1. The van der Waals surface area contributed by atoms with Gasteiger partial charge in [0.1, 0.15) is 17.9 Å². The van der Waals surface area contributed by atoms with Crippen molar-refractivity contribution >= 4 is 40.1 Å². The van der Waals surface area contributed by atoms with Crippen LogP contribution < -0.4 is 4.74 Å². The summed E-state index contributed by atoms with van der Waals surface area (Å²) in [5, 5.41) is 2.25. The van der Waals surface area contributed by atoms with Crippen LogP contribution in [0, 0.1) is 5.92 Å². The second-order valence-corrected chi connectivity index (χ2v) is 11.1. The molecule has 8 heteroatoms. The van der Waals surface area contributed by atoms with E-state index in [2.05, 4.69) is 26.9 Å². The number of aromatic nitrogens is 1. The molecule has 0 saturated carbocycles. The number of methoxy groups -OCH3 is 1. The molecule has 37 heavy (non-hydrogen) atoms. The van der Waals surface area contributed by atoms with E-state index in [1.54, 1.807) is 12.1 Å². The topological polar surface area (TPSA) is 57.8 Å². The van der Waals surface area contributed by atoms with Gasteiger partial charge in [-0.05, 0) is 68.5 Å². The Kier molecular flexibility index (Phi) is 8.60. The summed E-state index contributed by atoms with van der Waals surface area (Å²) in [6.07, 6.45) is 7.11. The fraction of sp³-hybridized carbons (Fsp3) is 0.483. The maximum Gasteiger partial charge on any atom is 0.323 e. The number of rotatable bonds is 8. The number of likely N-dealkylation sites (tertiary alicyclic amines) is 2. The summed E-state index contributed by atoms with van der Waals surface area (Å²) in [7, 11) is 1.49. The van der Waals surface area contributed by atoms with Crippen molar-refractivity contribution in [2.24, 2.45) is 5.92 Å². The molecular formula is C29H35Cl2N3O3. The van der Waals surface area contributed by atoms with Crippen molar-refractivity contribution in [2.45, 2.75) is 44.2 Å². The van der Waals surface area contributed by atoms with Crippen LogP contribution >= 0.6 is 23.2 Å². The van der Waals surface area contributed by atoms with Crippen LogP contribution in [0.5, 0.6) is 5.75 Å². The largest absolute Gasteiger partial charge is 0.490 e. The molecule has 0 amide bonds. The summed E-state index contributed by atoms with van der Waals surface area (Å²) in [6, 6.07) is 13.5. The normalized spacial score (nSPS) is 19.2. The number of hydrogen-bond acceptors (Lipinski definition) is 5. The number of hydrogen-bond donors (Lipinski definition) is 1. The molecule has 1 atom stereocenters. The Hall–Kier alpha value is -2.25. The monoisotopic (exact) mass is 543 g/mol. The number of aromatic amines is 1. The van der Waals surface area contributed by atoms with Gasteiger partial charge in [0.25, 0.3) is 0 Å². The third kappa shape index (κ3) is 6.43. The van der Waals surface area contributed by atoms with E-state index in [-0.39, 0.29) is 18.1 Å². The van der Waals surface area contributed by atoms with E-state index < -0.39 is 0 Å². The smallest absolute Gasteiger partial charge is 0.323 e. The van der Waals surface area contributed by atoms with Crippen molar-refractivity contribution < 1.29 is 14.3 Å². The first-order chi connectivity index (χ1) is 18.0. The summed E-state index contributed by atoms with van der Waals surface area (Å²) in [5.74, 6) is 1.29. The lowest BCUT2D eigenvalue weighted by atomic mass is 9.93. The van der Waals surface area contributed by atoms with Gasteiger partial charge in [-0.15, -0.1) is 0 Å². The number of fused-ring (bicyclic) bond motifs is 1. The van der Waals surface area contributed by atoms with Crippen molar-refractivity contribution in [1.82, 2.24) is 14.8 Å². The quantitative estimate of drug-likeness (QED) is 0.363. The van der Waals surface area contributed by atoms with Crippen molar-refractivity contribution in [2.75, 3.05) is 39.8 Å². The molecule has 198 valence electrons. The van der Waals surface area contributed by atoms with Gasteiger partial charge < -0.3 is 19.4 Å². The third-order valence-electron chi connectivity index (χ3n) is 7.90. The van der Waals surface area contributed by atoms with Gasteiger partial charge in [0.15, 0.2) is 0 Å². The molecule has 3 aromatic rings. The molecule has 0 bridgehead atoms. The zero-order valence-electron chi connectivity index (χ0n) is 21.3. The van der Waals surface area contributed by atoms with Crippen LogP contribution in [0.15, 0.2) is 48.7 Å². The summed E-state index contributed by atoms with van der Waals surface area (Å²) in [6.45, 7) is 5.03. The molecule has 6 nitrogen and oxygen atoms in total. The number of nitrogens with zero attached hydrogens (tertiary/aromatic N) is 2. The lowest BCUT2D eigenvalue weighted by molar-refractivity contribution is -0.147. The van der Waals surface area contributed by atoms with E-state index in [1.165, 1.54) is 18.1 Å². The minimum absolute atomic E-state index is 0.146. The Morgan fingerprint density at radius 3 is 2.51 bits per heavy atom. The van der Waals surface area contributed by atoms with Crippen molar-refractivity contribution in [3.8, 4) is 5.75 Å². The zero-order chi connectivity index (χ0) is 25.8. The van der Waals surface area contributed by atoms with Crippen LogP contribution in [0.25, 0.3) is 10.9 Å². The van der Waals surface area contributed by atoms with Crippen LogP contribution in [-0.4, -0.2) is 72.7 Å². The number of halogens is 2. The number of H-pyrrole nitrogens is 1. The Morgan fingerprint density at radius 2 is 1.78 bits per heavy atom. The van der Waals surface area contributed by atoms with Gasteiger partial charge in [0, 0.05) is 49.2 Å². The van der Waals surface area contributed by atoms with E-state index in [4.69, 9.17) is 32.7 Å². The Bertz CT molecular complexity index is 1200. The van der Waals surface area contributed by atoms with Gasteiger partial charge in [0.2, 0.25) is 0 Å². The van der Waals surface area contributed by atoms with Gasteiger partial charge in [-0.25, -0.2) is 0 Å². The highest BCUT2D eigenvalue weighted by atomic mass is 35.5. The maximum absolute atomic E-state index is 12.8. The molecule has 1 unspecified atom stereocenters. The van der Waals surface area contributed by atoms with Gasteiger partial charge >= 0.3 is 5.97 Å². The van der Waals surface area contributed by atoms with Crippen molar-refractivity contribution in [1.29, 1.82) is 0 Å². The predicted octanol–water partition coefficient (Wildman–Crippen LogP) is 5.81. The molecule has 1 N–H and O–H groups in total. The highest BCUT2D eigenvalue weighted by Crippen LogP contribution is 2.29. The van der Waals surface area contributed by atoms with E-state index in [0.717, 1.165) is 69.7 Å². The molecule has 2 aliphatic heterocycles. The molecule has 2 aliphatic rings. The fourth-order valence-electron chi connectivity index (χ4n) is 5.77. The molecule has 5 rings (SSSR count). The first kappa shape index (κ1) is 26.4. The van der Waals surface area contributed by atoms with Crippen LogP contribution in [0.1, 0.15) is 31.2 Å². The average Bonchev–Trinajstić information content (AvgIpc) is 3.33.